The highest BCUT2D eigenvalue weighted by Gasteiger charge is 2.15. The highest BCUT2D eigenvalue weighted by molar-refractivity contribution is 7.99. The number of rotatable bonds is 3. The van der Waals surface area contributed by atoms with Gasteiger partial charge in [0.2, 0.25) is 0 Å². The van der Waals surface area contributed by atoms with E-state index in [1.165, 1.54) is 16.3 Å². The van der Waals surface area contributed by atoms with Crippen LogP contribution in [0.5, 0.6) is 0 Å². The maximum Gasteiger partial charge on any atom is 0.0504 e. The van der Waals surface area contributed by atoms with Crippen LogP contribution in [0.25, 0.3) is 0 Å². The normalized spacial score (nSPS) is 15.4. The number of hydrogen-bond acceptors (Lipinski definition) is 3. The Morgan fingerprint density at radius 1 is 1.36 bits per heavy atom. The van der Waals surface area contributed by atoms with E-state index < -0.39 is 0 Å². The minimum Gasteiger partial charge on any atom is -0.370 e. The fraction of sp³-hybridized carbons (Fsp3) is 0.455. The van der Waals surface area contributed by atoms with Crippen LogP contribution < -0.4 is 10.6 Å². The van der Waals surface area contributed by atoms with Crippen LogP contribution >= 0.6 is 11.8 Å². The van der Waals surface area contributed by atoms with Gasteiger partial charge in [-0.15, -0.1) is 11.8 Å². The Kier molecular flexibility index (Phi) is 3.32. The third-order valence-electron chi connectivity index (χ3n) is 2.46. The van der Waals surface area contributed by atoms with Crippen molar-refractivity contribution in [3.63, 3.8) is 0 Å². The number of hydrogen-bond donors (Lipinski definition) is 1. The second-order valence-electron chi connectivity index (χ2n) is 3.45. The Labute approximate surface area is 89.5 Å². The van der Waals surface area contributed by atoms with E-state index in [0.29, 0.717) is 0 Å². The van der Waals surface area contributed by atoms with Crippen molar-refractivity contribution in [3.05, 3.63) is 24.3 Å². The van der Waals surface area contributed by atoms with Gasteiger partial charge in [0.1, 0.15) is 0 Å². The molecule has 0 spiro atoms. The first kappa shape index (κ1) is 9.87. The van der Waals surface area contributed by atoms with Gasteiger partial charge in [0.05, 0.1) is 5.69 Å². The van der Waals surface area contributed by atoms with Crippen LogP contribution in [0, 0.1) is 0 Å². The summed E-state index contributed by atoms with van der Waals surface area (Å²) < 4.78 is 0. The van der Waals surface area contributed by atoms with Crippen LogP contribution in [0.2, 0.25) is 0 Å². The zero-order chi connectivity index (χ0) is 9.80. The van der Waals surface area contributed by atoms with Crippen molar-refractivity contribution in [2.45, 2.75) is 11.3 Å². The molecule has 0 atom stereocenters. The number of anilines is 1. The summed E-state index contributed by atoms with van der Waals surface area (Å²) in [4.78, 5) is 3.86. The molecule has 1 aromatic carbocycles. The maximum atomic E-state index is 5.53. The summed E-state index contributed by atoms with van der Waals surface area (Å²) >= 11 is 1.95. The highest BCUT2D eigenvalue weighted by atomic mass is 32.2. The van der Waals surface area contributed by atoms with Gasteiger partial charge in [-0.1, -0.05) is 12.1 Å². The van der Waals surface area contributed by atoms with E-state index in [1.54, 1.807) is 0 Å². The average Bonchev–Trinajstić information content (AvgIpc) is 2.26. The molecule has 0 aromatic heterocycles. The van der Waals surface area contributed by atoms with E-state index in [1.807, 2.05) is 11.8 Å². The lowest BCUT2D eigenvalue weighted by atomic mass is 10.2. The molecular formula is C11H16N2S. The van der Waals surface area contributed by atoms with Gasteiger partial charge in [-0.05, 0) is 25.1 Å². The molecule has 3 heteroatoms. The molecule has 0 saturated heterocycles. The summed E-state index contributed by atoms with van der Waals surface area (Å²) in [6.07, 6.45) is 1.08. The number of para-hydroxylation sites is 1. The number of nitrogens with zero attached hydrogens (tertiary/aromatic N) is 1. The third kappa shape index (κ3) is 2.04. The standard InChI is InChI=1S/C11H16N2S/c12-6-3-7-13-8-9-14-11-5-2-1-4-10(11)13/h1-2,4-5H,3,6-9,12H2. The second-order valence-corrected chi connectivity index (χ2v) is 4.58. The molecule has 14 heavy (non-hydrogen) atoms. The van der Waals surface area contributed by atoms with E-state index >= 15 is 0 Å². The number of fused-ring (bicyclic) bond motifs is 1. The zero-order valence-electron chi connectivity index (χ0n) is 8.28. The Balaban J connectivity index is 2.14. The predicted molar refractivity (Wildman–Crippen MR) is 63.1 cm³/mol. The molecule has 76 valence electrons. The van der Waals surface area contributed by atoms with Crippen molar-refractivity contribution < 1.29 is 0 Å². The monoisotopic (exact) mass is 208 g/mol. The third-order valence-corrected chi connectivity index (χ3v) is 3.50. The fourth-order valence-electron chi connectivity index (χ4n) is 1.74. The van der Waals surface area contributed by atoms with Gasteiger partial charge in [-0.2, -0.15) is 0 Å². The molecule has 2 nitrogen and oxygen atoms in total. The van der Waals surface area contributed by atoms with E-state index in [0.717, 1.165) is 26.1 Å². The maximum absolute atomic E-state index is 5.53. The lowest BCUT2D eigenvalue weighted by Gasteiger charge is -2.30. The van der Waals surface area contributed by atoms with E-state index in [9.17, 15) is 0 Å². The van der Waals surface area contributed by atoms with E-state index in [2.05, 4.69) is 29.2 Å². The average molecular weight is 208 g/mol. The van der Waals surface area contributed by atoms with Crippen LogP contribution in [-0.2, 0) is 0 Å². The zero-order valence-corrected chi connectivity index (χ0v) is 9.09. The summed E-state index contributed by atoms with van der Waals surface area (Å²) in [6.45, 7) is 3.03. The minimum absolute atomic E-state index is 0.784. The molecule has 1 aliphatic rings. The Bertz CT molecular complexity index is 301. The number of benzene rings is 1. The smallest absolute Gasteiger partial charge is 0.0504 e. The molecular weight excluding hydrogens is 192 g/mol. The largest absolute Gasteiger partial charge is 0.370 e. The summed E-state index contributed by atoms with van der Waals surface area (Å²) in [5.74, 6) is 1.20. The van der Waals surface area contributed by atoms with E-state index in [4.69, 9.17) is 5.73 Å². The summed E-state index contributed by atoms with van der Waals surface area (Å²) in [5, 5.41) is 0. The van der Waals surface area contributed by atoms with Crippen molar-refractivity contribution in [1.82, 2.24) is 0 Å². The van der Waals surface area contributed by atoms with Crippen LogP contribution in [0.1, 0.15) is 6.42 Å². The SMILES string of the molecule is NCCCN1CCSc2ccccc21. The van der Waals surface area contributed by atoms with Crippen molar-refractivity contribution in [1.29, 1.82) is 0 Å². The molecule has 2 N–H and O–H groups in total. The van der Waals surface area contributed by atoms with Crippen LogP contribution in [0.4, 0.5) is 5.69 Å². The molecule has 0 bridgehead atoms. The van der Waals surface area contributed by atoms with Gasteiger partial charge in [-0.3, -0.25) is 0 Å². The first-order chi connectivity index (χ1) is 6.92. The summed E-state index contributed by atoms with van der Waals surface area (Å²) in [6, 6.07) is 8.63. The van der Waals surface area contributed by atoms with Gasteiger partial charge >= 0.3 is 0 Å². The Hall–Kier alpha value is -0.670. The Morgan fingerprint density at radius 2 is 2.21 bits per heavy atom. The van der Waals surface area contributed by atoms with Crippen LogP contribution in [0.15, 0.2) is 29.2 Å². The van der Waals surface area contributed by atoms with Gasteiger partial charge < -0.3 is 10.6 Å². The first-order valence-electron chi connectivity index (χ1n) is 5.08. The topological polar surface area (TPSA) is 29.3 Å². The Morgan fingerprint density at radius 3 is 3.07 bits per heavy atom. The van der Waals surface area contributed by atoms with Gasteiger partial charge in [0.25, 0.3) is 0 Å². The van der Waals surface area contributed by atoms with Crippen LogP contribution in [-0.4, -0.2) is 25.4 Å². The van der Waals surface area contributed by atoms with Crippen LogP contribution in [0.3, 0.4) is 0 Å². The molecule has 0 radical (unpaired) electrons. The summed E-state index contributed by atoms with van der Waals surface area (Å²) in [7, 11) is 0. The van der Waals surface area contributed by atoms with Crippen molar-refractivity contribution in [2.75, 3.05) is 30.3 Å². The van der Waals surface area contributed by atoms with Gasteiger partial charge in [0, 0.05) is 23.7 Å². The van der Waals surface area contributed by atoms with Gasteiger partial charge in [0.15, 0.2) is 0 Å². The molecule has 1 aromatic rings. The number of nitrogens with two attached hydrogens (primary N) is 1. The lowest BCUT2D eigenvalue weighted by Crippen LogP contribution is -2.31. The molecule has 1 heterocycles. The number of thioether (sulfide) groups is 1. The van der Waals surface area contributed by atoms with Crippen molar-refractivity contribution >= 4 is 17.4 Å². The highest BCUT2D eigenvalue weighted by Crippen LogP contribution is 2.33. The summed E-state index contributed by atoms with van der Waals surface area (Å²) in [5.41, 5.74) is 6.92. The lowest BCUT2D eigenvalue weighted by molar-refractivity contribution is 0.747. The predicted octanol–water partition coefficient (Wildman–Crippen LogP) is 1.95. The first-order valence-corrected chi connectivity index (χ1v) is 6.07. The van der Waals surface area contributed by atoms with E-state index in [-0.39, 0.29) is 0 Å². The molecule has 0 amide bonds. The minimum atomic E-state index is 0.784. The molecule has 0 aliphatic carbocycles. The van der Waals surface area contributed by atoms with Crippen molar-refractivity contribution in [3.8, 4) is 0 Å². The molecule has 2 rings (SSSR count). The molecule has 1 aliphatic heterocycles. The van der Waals surface area contributed by atoms with Crippen molar-refractivity contribution in [2.24, 2.45) is 5.73 Å². The second kappa shape index (κ2) is 4.71. The molecule has 0 fully saturated rings. The fourth-order valence-corrected chi connectivity index (χ4v) is 2.79. The molecule has 0 saturated carbocycles. The molecule has 0 unspecified atom stereocenters. The van der Waals surface area contributed by atoms with Gasteiger partial charge in [-0.25, -0.2) is 0 Å². The quantitative estimate of drug-likeness (QED) is 0.823.